The number of hydrogen-bond acceptors (Lipinski definition) is 5. The molecule has 0 unspecified atom stereocenters. The Hall–Kier alpha value is -1.81. The first kappa shape index (κ1) is 27.1. The molecule has 0 bridgehead atoms. The first-order valence-corrected chi connectivity index (χ1v) is 6.07. The summed E-state index contributed by atoms with van der Waals surface area (Å²) in [5.41, 5.74) is 1.95. The quantitative estimate of drug-likeness (QED) is 0.326. The van der Waals surface area contributed by atoms with Crippen LogP contribution in [0.15, 0.2) is 48.8 Å². The fourth-order valence-corrected chi connectivity index (χ4v) is 1.68. The van der Waals surface area contributed by atoms with Gasteiger partial charge in [-0.25, -0.2) is 0 Å². The average Bonchev–Trinajstić information content (AvgIpc) is 2.47. The number of carboxylic acid groups (broad SMARTS) is 1. The molecule has 3 rings (SSSR count). The van der Waals surface area contributed by atoms with Crippen LogP contribution in [0, 0.1) is 0 Å². The van der Waals surface area contributed by atoms with Gasteiger partial charge in [-0.3, -0.25) is 9.97 Å². The van der Waals surface area contributed by atoms with Crippen LogP contribution in [0.3, 0.4) is 0 Å². The summed E-state index contributed by atoms with van der Waals surface area (Å²) in [7, 11) is 0. The Bertz CT molecular complexity index is 703. The summed E-state index contributed by atoms with van der Waals surface area (Å²) < 4.78 is 0. The number of carbonyl (C=O) groups is 1. The van der Waals surface area contributed by atoms with E-state index in [2.05, 4.69) is 34.2 Å². The number of aliphatic hydroxyl groups excluding tert-OH is 1. The van der Waals surface area contributed by atoms with E-state index in [0.717, 1.165) is 28.7 Å². The average molecular weight is 402 g/mol. The number of pyridine rings is 2. The zero-order valence-electron chi connectivity index (χ0n) is 12.7. The summed E-state index contributed by atoms with van der Waals surface area (Å²) in [5, 5.41) is 19.6. The number of hydrogen-bond donors (Lipinski definition) is 1. The monoisotopic (exact) mass is 401 g/mol. The largest absolute Gasteiger partial charge is 2.00 e. The van der Waals surface area contributed by atoms with Crippen LogP contribution in [-0.2, 0) is 32.5 Å². The number of halogens is 1. The molecule has 0 saturated carbocycles. The van der Waals surface area contributed by atoms with Gasteiger partial charge in [0.15, 0.2) is 0 Å². The summed E-state index contributed by atoms with van der Waals surface area (Å²) in [5.74, 6) is -1.44. The van der Waals surface area contributed by atoms with Gasteiger partial charge in [0.05, 0.1) is 23.1 Å². The van der Waals surface area contributed by atoms with Gasteiger partial charge in [0.25, 0.3) is 0 Å². The molecule has 1 radical (unpaired) electrons. The second-order valence-electron chi connectivity index (χ2n) is 4.21. The Kier molecular flexibility index (Phi) is 14.2. The Morgan fingerprint density at radius 3 is 1.62 bits per heavy atom. The maximum atomic E-state index is 9.34. The van der Waals surface area contributed by atoms with Gasteiger partial charge in [-0.05, 0) is 19.1 Å². The van der Waals surface area contributed by atoms with Crippen LogP contribution in [-0.4, -0.2) is 27.1 Å². The minimum Gasteiger partial charge on any atom is -1.00 e. The normalized spacial score (nSPS) is 9.75. The van der Waals surface area contributed by atoms with E-state index in [1.807, 2.05) is 12.1 Å². The van der Waals surface area contributed by atoms with Crippen LogP contribution in [0.25, 0.3) is 21.8 Å². The van der Waals surface area contributed by atoms with Crippen LogP contribution < -0.4 is 17.5 Å². The van der Waals surface area contributed by atoms with E-state index in [1.165, 1.54) is 0 Å². The number of aliphatic carboxylic acids is 1. The van der Waals surface area contributed by atoms with Crippen molar-refractivity contribution in [2.45, 2.75) is 13.0 Å². The van der Waals surface area contributed by atoms with Gasteiger partial charge in [0.2, 0.25) is 0 Å². The molecule has 0 aliphatic rings. The Labute approximate surface area is 155 Å². The molecule has 0 spiro atoms. The van der Waals surface area contributed by atoms with E-state index < -0.39 is 12.1 Å². The van der Waals surface area contributed by atoms with Crippen molar-refractivity contribution in [3.63, 3.8) is 0 Å². The van der Waals surface area contributed by atoms with Crippen LogP contribution in [0.1, 0.15) is 6.92 Å². The van der Waals surface area contributed by atoms with E-state index in [-0.39, 0.29) is 40.1 Å². The Morgan fingerprint density at radius 2 is 1.33 bits per heavy atom. The molecule has 0 aliphatic heterocycles. The summed E-state index contributed by atoms with van der Waals surface area (Å²) in [6, 6.07) is 12.1. The molecule has 9 heteroatoms. The topological polar surface area (TPSA) is 152 Å². The smallest absolute Gasteiger partial charge is 1.00 e. The summed E-state index contributed by atoms with van der Waals surface area (Å²) in [6.45, 7) is 1.13. The van der Waals surface area contributed by atoms with Crippen LogP contribution in [0.4, 0.5) is 0 Å². The number of rotatable bonds is 1. The number of aromatic nitrogens is 2. The second kappa shape index (κ2) is 12.6. The molecule has 1 aromatic carbocycles. The molecular weight excluding hydrogens is 383 g/mol. The number of nitrogens with zero attached hydrogens (tertiary/aromatic N) is 2. The summed E-state index contributed by atoms with van der Waals surface area (Å²) in [6.07, 6.45) is 2.26. The van der Waals surface area contributed by atoms with Gasteiger partial charge in [0, 0.05) is 23.2 Å². The van der Waals surface area contributed by atoms with Crippen molar-refractivity contribution in [1.82, 2.24) is 9.97 Å². The van der Waals surface area contributed by atoms with Gasteiger partial charge in [-0.15, -0.1) is 0 Å². The van der Waals surface area contributed by atoms with Crippen molar-refractivity contribution in [2.24, 2.45) is 0 Å². The minimum absolute atomic E-state index is 0. The van der Waals surface area contributed by atoms with E-state index in [9.17, 15) is 9.90 Å². The van der Waals surface area contributed by atoms with Gasteiger partial charge in [-0.2, -0.15) is 0 Å². The van der Waals surface area contributed by atoms with Gasteiger partial charge < -0.3 is 38.4 Å². The fourth-order valence-electron chi connectivity index (χ4n) is 1.68. The fraction of sp³-hybridized carbons (Fsp3) is 0.133. The first-order valence-electron chi connectivity index (χ1n) is 6.07. The Morgan fingerprint density at radius 1 is 1.00 bits per heavy atom. The number of carbonyl (C=O) groups excluding carboxylic acids is 1. The van der Waals surface area contributed by atoms with Crippen molar-refractivity contribution >= 4 is 27.8 Å². The van der Waals surface area contributed by atoms with Gasteiger partial charge in [0.1, 0.15) is 0 Å². The zero-order chi connectivity index (χ0) is 14.5. The molecule has 0 amide bonds. The number of fused-ring (bicyclic) bond motifs is 3. The van der Waals surface area contributed by atoms with E-state index in [0.29, 0.717) is 0 Å². The predicted molar refractivity (Wildman–Crippen MR) is 83.5 cm³/mol. The van der Waals surface area contributed by atoms with Crippen LogP contribution in [0.5, 0.6) is 0 Å². The predicted octanol–water partition coefficient (Wildman–Crippen LogP) is -3.94. The molecule has 24 heavy (non-hydrogen) atoms. The minimum atomic E-state index is -1.44. The molecule has 7 nitrogen and oxygen atoms in total. The third-order valence-corrected chi connectivity index (χ3v) is 2.69. The van der Waals surface area contributed by atoms with E-state index in [1.54, 1.807) is 12.4 Å². The van der Waals surface area contributed by atoms with Crippen molar-refractivity contribution in [3.05, 3.63) is 48.8 Å². The Balaban J connectivity index is -0.000000394. The second-order valence-corrected chi connectivity index (χ2v) is 4.21. The molecule has 2 aromatic heterocycles. The van der Waals surface area contributed by atoms with Gasteiger partial charge >= 0.3 is 16.8 Å². The first-order chi connectivity index (χ1) is 9.59. The molecule has 7 N–H and O–H groups in total. The molecular formula is C15H19ClCoN2O5+2. The van der Waals surface area contributed by atoms with Crippen molar-refractivity contribution in [2.75, 3.05) is 0 Å². The number of carboxylic acids is 1. The molecule has 1 atom stereocenters. The van der Waals surface area contributed by atoms with Crippen molar-refractivity contribution in [3.8, 4) is 0 Å². The van der Waals surface area contributed by atoms with E-state index >= 15 is 0 Å². The molecule has 0 aliphatic carbocycles. The molecule has 2 heterocycles. The molecule has 3 aromatic rings. The standard InChI is InChI=1S/C12H8N2.C3H6O3.ClH.Co.2H2O/c1-3-9-5-6-10-4-2-8-14-12(10)11(9)13-7-1;1-2(4)3(5)6;;;;/h1-8H;2,4H,1H3,(H,5,6);1H;;2*1H2/q;;;+2;;/t;2-;;;;/m.0..../s1. The number of aliphatic hydroxyl groups is 1. The summed E-state index contributed by atoms with van der Waals surface area (Å²) in [4.78, 5) is 18.0. The van der Waals surface area contributed by atoms with E-state index in [4.69, 9.17) is 5.11 Å². The van der Waals surface area contributed by atoms with Crippen LogP contribution >= 0.6 is 0 Å². The van der Waals surface area contributed by atoms with Gasteiger partial charge in [-0.1, -0.05) is 24.3 Å². The maximum absolute atomic E-state index is 9.34. The SMILES string of the molecule is C[C@H](O)C(=O)[O-].[Cl-].[Co+2].[OH3+].[OH3+].c1cnc2c(c1)ccc1cccnc12. The third-order valence-electron chi connectivity index (χ3n) is 2.69. The maximum Gasteiger partial charge on any atom is 2.00 e. The molecule has 0 fully saturated rings. The van der Waals surface area contributed by atoms with Crippen molar-refractivity contribution < 1.29 is 55.1 Å². The van der Waals surface area contributed by atoms with Crippen LogP contribution in [0.2, 0.25) is 0 Å². The molecule has 133 valence electrons. The molecule has 0 saturated heterocycles. The number of benzene rings is 1. The van der Waals surface area contributed by atoms with Crippen molar-refractivity contribution in [1.29, 1.82) is 0 Å². The summed E-state index contributed by atoms with van der Waals surface area (Å²) >= 11 is 0. The third kappa shape index (κ3) is 6.75. The zero-order valence-corrected chi connectivity index (χ0v) is 14.5.